The lowest BCUT2D eigenvalue weighted by Gasteiger charge is -2.13. The van der Waals surface area contributed by atoms with Gasteiger partial charge in [0.15, 0.2) is 0 Å². The number of rotatable bonds is 6. The number of aromatic nitrogens is 2. The predicted molar refractivity (Wildman–Crippen MR) is 127 cm³/mol. The fourth-order valence-electron chi connectivity index (χ4n) is 3.25. The molecule has 0 spiro atoms. The molecule has 0 fully saturated rings. The molecule has 3 aromatic carbocycles. The van der Waals surface area contributed by atoms with Gasteiger partial charge in [-0.15, -0.1) is 0 Å². The minimum absolute atomic E-state index is 0.265. The van der Waals surface area contributed by atoms with Crippen LogP contribution in [-0.2, 0) is 12.7 Å². The average molecular weight is 486 g/mol. The monoisotopic (exact) mass is 485 g/mol. The van der Waals surface area contributed by atoms with Gasteiger partial charge in [0.25, 0.3) is 5.91 Å². The molecule has 1 aromatic heterocycles. The van der Waals surface area contributed by atoms with Gasteiger partial charge in [-0.3, -0.25) is 4.79 Å². The van der Waals surface area contributed by atoms with E-state index < -0.39 is 11.7 Å². The zero-order valence-corrected chi connectivity index (χ0v) is 18.6. The molecule has 0 radical (unpaired) electrons. The molecule has 4 aromatic rings. The first kappa shape index (κ1) is 23.3. The highest BCUT2D eigenvalue weighted by Crippen LogP contribution is 2.33. The molecule has 0 aliphatic heterocycles. The quantitative estimate of drug-likeness (QED) is 0.303. The summed E-state index contributed by atoms with van der Waals surface area (Å²) in [6.45, 7) is 0.303. The standard InChI is InChI=1S/C24H19ClF3N5O/c1-29-23-32-20-11-6-16(24(26,27)28)12-19(20)21(33-23)30-13-14-2-9-18(10-3-14)31-22(34)15-4-7-17(25)8-5-15/h2-12H,13H2,1H3,(H,31,34)(H2,29,30,32,33). The molecule has 0 bridgehead atoms. The van der Waals surface area contributed by atoms with E-state index in [1.807, 2.05) is 0 Å². The van der Waals surface area contributed by atoms with Crippen LogP contribution in [0.1, 0.15) is 21.5 Å². The first-order valence-corrected chi connectivity index (χ1v) is 10.6. The Morgan fingerprint density at radius 1 is 0.971 bits per heavy atom. The first-order chi connectivity index (χ1) is 16.2. The molecule has 34 heavy (non-hydrogen) atoms. The van der Waals surface area contributed by atoms with Crippen LogP contribution in [0.3, 0.4) is 0 Å². The fourth-order valence-corrected chi connectivity index (χ4v) is 3.37. The van der Waals surface area contributed by atoms with Crippen molar-refractivity contribution in [1.29, 1.82) is 0 Å². The fraction of sp³-hybridized carbons (Fsp3) is 0.125. The minimum Gasteiger partial charge on any atom is -0.365 e. The lowest BCUT2D eigenvalue weighted by Crippen LogP contribution is -2.11. The van der Waals surface area contributed by atoms with Crippen molar-refractivity contribution in [3.8, 4) is 0 Å². The molecule has 0 aliphatic rings. The van der Waals surface area contributed by atoms with Crippen molar-refractivity contribution in [3.05, 3.63) is 88.4 Å². The molecule has 1 amide bonds. The van der Waals surface area contributed by atoms with E-state index in [9.17, 15) is 18.0 Å². The summed E-state index contributed by atoms with van der Waals surface area (Å²) in [5.41, 5.74) is 1.53. The smallest absolute Gasteiger partial charge is 0.365 e. The number of anilines is 3. The molecule has 0 saturated carbocycles. The summed E-state index contributed by atoms with van der Waals surface area (Å²) in [6.07, 6.45) is -4.47. The van der Waals surface area contributed by atoms with Crippen LogP contribution in [0.25, 0.3) is 10.9 Å². The Labute approximate surface area is 198 Å². The van der Waals surface area contributed by atoms with Crippen molar-refractivity contribution in [2.75, 3.05) is 23.0 Å². The molecule has 6 nitrogen and oxygen atoms in total. The van der Waals surface area contributed by atoms with Crippen molar-refractivity contribution in [2.24, 2.45) is 0 Å². The van der Waals surface area contributed by atoms with E-state index >= 15 is 0 Å². The number of fused-ring (bicyclic) bond motifs is 1. The van der Waals surface area contributed by atoms with Gasteiger partial charge in [0.05, 0.1) is 11.1 Å². The summed E-state index contributed by atoms with van der Waals surface area (Å²) in [7, 11) is 1.63. The third-order valence-corrected chi connectivity index (χ3v) is 5.28. The molecule has 0 saturated heterocycles. The van der Waals surface area contributed by atoms with E-state index in [1.165, 1.54) is 6.07 Å². The largest absolute Gasteiger partial charge is 0.416 e. The van der Waals surface area contributed by atoms with Gasteiger partial charge in [-0.1, -0.05) is 23.7 Å². The summed E-state index contributed by atoms with van der Waals surface area (Å²) in [4.78, 5) is 20.8. The zero-order chi connectivity index (χ0) is 24.3. The molecule has 174 valence electrons. The van der Waals surface area contributed by atoms with Gasteiger partial charge in [-0.25, -0.2) is 4.98 Å². The van der Waals surface area contributed by atoms with E-state index in [2.05, 4.69) is 25.9 Å². The van der Waals surface area contributed by atoms with Crippen molar-refractivity contribution in [2.45, 2.75) is 12.7 Å². The summed E-state index contributed by atoms with van der Waals surface area (Å²) in [5, 5.41) is 9.51. The van der Waals surface area contributed by atoms with E-state index in [4.69, 9.17) is 11.6 Å². The van der Waals surface area contributed by atoms with Gasteiger partial charge in [0.1, 0.15) is 5.82 Å². The molecule has 3 N–H and O–H groups in total. The number of carbonyl (C=O) groups is 1. The molecule has 4 rings (SSSR count). The normalized spacial score (nSPS) is 11.3. The maximum absolute atomic E-state index is 13.2. The lowest BCUT2D eigenvalue weighted by atomic mass is 10.1. The van der Waals surface area contributed by atoms with Gasteiger partial charge in [-0.2, -0.15) is 18.2 Å². The van der Waals surface area contributed by atoms with Crippen molar-refractivity contribution in [3.63, 3.8) is 0 Å². The molecule has 10 heteroatoms. The average Bonchev–Trinajstić information content (AvgIpc) is 2.82. The van der Waals surface area contributed by atoms with E-state index in [1.54, 1.807) is 55.6 Å². The Hall–Kier alpha value is -3.85. The number of amides is 1. The van der Waals surface area contributed by atoms with Gasteiger partial charge >= 0.3 is 6.18 Å². The van der Waals surface area contributed by atoms with Crippen LogP contribution >= 0.6 is 11.6 Å². The zero-order valence-electron chi connectivity index (χ0n) is 17.9. The summed E-state index contributed by atoms with van der Waals surface area (Å²) < 4.78 is 39.6. The molecule has 0 atom stereocenters. The van der Waals surface area contributed by atoms with Gasteiger partial charge in [0.2, 0.25) is 5.95 Å². The first-order valence-electron chi connectivity index (χ1n) is 10.2. The summed E-state index contributed by atoms with van der Waals surface area (Å²) in [6, 6.07) is 17.0. The second kappa shape index (κ2) is 9.56. The second-order valence-corrected chi connectivity index (χ2v) is 7.82. The molecular formula is C24H19ClF3N5O. The Kier molecular flexibility index (Phi) is 6.56. The Balaban J connectivity index is 1.50. The number of nitrogens with one attached hydrogen (secondary N) is 3. The van der Waals surface area contributed by atoms with E-state index in [0.717, 1.165) is 17.7 Å². The summed E-state index contributed by atoms with van der Waals surface area (Å²) >= 11 is 5.85. The van der Waals surface area contributed by atoms with Crippen LogP contribution in [0.2, 0.25) is 5.02 Å². The van der Waals surface area contributed by atoms with Crippen molar-refractivity contribution in [1.82, 2.24) is 9.97 Å². The SMILES string of the molecule is CNc1nc(NCc2ccc(NC(=O)c3ccc(Cl)cc3)cc2)c2cc(C(F)(F)F)ccc2n1. The minimum atomic E-state index is -4.47. The van der Waals surface area contributed by atoms with Crippen LogP contribution in [0, 0.1) is 0 Å². The number of hydrogen-bond donors (Lipinski definition) is 3. The van der Waals surface area contributed by atoms with Crippen LogP contribution in [0.15, 0.2) is 66.7 Å². The Morgan fingerprint density at radius 3 is 2.32 bits per heavy atom. The Bertz CT molecular complexity index is 1330. The molecule has 1 heterocycles. The highest BCUT2D eigenvalue weighted by atomic mass is 35.5. The van der Waals surface area contributed by atoms with Crippen LogP contribution in [0.5, 0.6) is 0 Å². The third-order valence-electron chi connectivity index (χ3n) is 5.02. The topological polar surface area (TPSA) is 78.9 Å². The van der Waals surface area contributed by atoms with E-state index in [0.29, 0.717) is 28.3 Å². The number of carbonyl (C=O) groups excluding carboxylic acids is 1. The second-order valence-electron chi connectivity index (χ2n) is 7.39. The van der Waals surface area contributed by atoms with Crippen LogP contribution < -0.4 is 16.0 Å². The van der Waals surface area contributed by atoms with Gasteiger partial charge in [-0.05, 0) is 60.2 Å². The number of halogens is 4. The van der Waals surface area contributed by atoms with Crippen molar-refractivity contribution >= 4 is 45.9 Å². The maximum Gasteiger partial charge on any atom is 0.416 e. The maximum atomic E-state index is 13.2. The number of alkyl halides is 3. The van der Waals surface area contributed by atoms with Crippen molar-refractivity contribution < 1.29 is 18.0 Å². The number of hydrogen-bond acceptors (Lipinski definition) is 5. The number of benzene rings is 3. The van der Waals surface area contributed by atoms with Crippen LogP contribution in [-0.4, -0.2) is 22.9 Å². The third kappa shape index (κ3) is 5.37. The lowest BCUT2D eigenvalue weighted by molar-refractivity contribution is -0.137. The van der Waals surface area contributed by atoms with Crippen LogP contribution in [0.4, 0.5) is 30.6 Å². The molecular weight excluding hydrogens is 467 g/mol. The van der Waals surface area contributed by atoms with E-state index in [-0.39, 0.29) is 23.1 Å². The molecule has 0 unspecified atom stereocenters. The van der Waals surface area contributed by atoms with Gasteiger partial charge in [0, 0.05) is 35.3 Å². The highest BCUT2D eigenvalue weighted by Gasteiger charge is 2.31. The predicted octanol–water partition coefficient (Wildman–Crippen LogP) is 6.21. The Morgan fingerprint density at radius 2 is 1.68 bits per heavy atom. The van der Waals surface area contributed by atoms with Gasteiger partial charge < -0.3 is 16.0 Å². The number of nitrogens with zero attached hydrogens (tertiary/aromatic N) is 2. The molecule has 0 aliphatic carbocycles. The highest BCUT2D eigenvalue weighted by molar-refractivity contribution is 6.30. The summed E-state index contributed by atoms with van der Waals surface area (Å²) in [5.74, 6) is 0.297.